The Morgan fingerprint density at radius 3 is 1.12 bits per heavy atom. The van der Waals surface area contributed by atoms with Gasteiger partial charge in [-0.05, 0) is 51.9 Å². The molecule has 17 nitrogen and oxygen atoms in total. The first-order chi connectivity index (χ1) is 38.6. The Morgan fingerprint density at radius 1 is 0.444 bits per heavy atom. The van der Waals surface area contributed by atoms with E-state index in [0.29, 0.717) is 32.1 Å². The number of aliphatic carboxylic acids is 1. The SMILES string of the molecule is CCCCCCCCCCCCC(NC(=O)C(=O)C(C)(C)C)C(=O)NC(CCCCCCCCCCCC)C(=O)NC(CCCCCCCCCCCC)C(=O)N[C@@H](C)C(=O)N[C@@H](C)C(=O)N1CCC[C@H]1C(=O)N[C@H](C(=O)O)C(C)C. The Bertz CT molecular complexity index is 1840. The number of nitrogens with one attached hydrogen (secondary N) is 6. The summed E-state index contributed by atoms with van der Waals surface area (Å²) >= 11 is 0. The van der Waals surface area contributed by atoms with Crippen LogP contribution >= 0.6 is 0 Å². The Hall–Kier alpha value is -4.57. The van der Waals surface area contributed by atoms with Crippen LogP contribution in [0.25, 0.3) is 0 Å². The normalized spacial score (nSPS) is 15.7. The molecular formula is C64H117N7O10. The average Bonchev–Trinajstić information content (AvgIpc) is 3.99. The number of carboxylic acids is 1. The molecule has 0 aromatic heterocycles. The third-order valence-corrected chi connectivity index (χ3v) is 15.9. The Morgan fingerprint density at radius 2 is 0.778 bits per heavy atom. The summed E-state index contributed by atoms with van der Waals surface area (Å²) in [5.41, 5.74) is -0.974. The van der Waals surface area contributed by atoms with E-state index in [0.717, 1.165) is 77.0 Å². The van der Waals surface area contributed by atoms with Gasteiger partial charge < -0.3 is 41.9 Å². The highest BCUT2D eigenvalue weighted by Gasteiger charge is 2.39. The van der Waals surface area contributed by atoms with Gasteiger partial charge in [-0.3, -0.25) is 38.4 Å². The molecule has 1 aliphatic heterocycles. The molecule has 7 amide bonds. The van der Waals surface area contributed by atoms with E-state index < -0.39 is 101 Å². The van der Waals surface area contributed by atoms with E-state index in [2.05, 4.69) is 52.7 Å². The lowest BCUT2D eigenvalue weighted by atomic mass is 9.90. The van der Waals surface area contributed by atoms with Gasteiger partial charge in [-0.25, -0.2) is 4.79 Å². The number of carboxylic acid groups (broad SMARTS) is 1. The molecule has 0 radical (unpaired) electrons. The zero-order chi connectivity index (χ0) is 60.6. The maximum absolute atomic E-state index is 14.6. The largest absolute Gasteiger partial charge is 0.480 e. The van der Waals surface area contributed by atoms with Gasteiger partial charge in [0.25, 0.3) is 5.91 Å². The second kappa shape index (κ2) is 44.0. The molecule has 0 aromatic rings. The molecule has 0 saturated carbocycles. The number of nitrogens with zero attached hydrogens (tertiary/aromatic N) is 1. The van der Waals surface area contributed by atoms with Crippen LogP contribution in [0.3, 0.4) is 0 Å². The fraction of sp³-hybridized carbons (Fsp3) is 0.859. The quantitative estimate of drug-likeness (QED) is 0.0224. The van der Waals surface area contributed by atoms with Crippen molar-refractivity contribution in [3.63, 3.8) is 0 Å². The standard InChI is InChI=1S/C64H117N7O10/c1-11-14-17-20-23-26-29-32-35-38-42-50(57(74)65-48(6)56(73)66-49(7)62(79)71-46-41-45-53(71)60(77)70-54(47(4)5)63(80)81)67-58(75)51(43-39-36-33-30-27-24-21-18-15-12-2)68-59(76)52(69-61(78)55(72)64(8,9)10)44-40-37-34-31-28-25-22-19-16-13-3/h47-54H,11-46H2,1-10H3,(H,65,74)(H,66,73)(H,67,75)(H,68,76)(H,69,78)(H,70,77)(H,80,81)/t48-,49-,50?,51?,52?,53-,54-/m0/s1. The van der Waals surface area contributed by atoms with Gasteiger partial charge in [-0.1, -0.05) is 248 Å². The fourth-order valence-corrected chi connectivity index (χ4v) is 10.5. The van der Waals surface area contributed by atoms with Crippen LogP contribution in [-0.4, -0.2) is 112 Å². The summed E-state index contributed by atoms with van der Waals surface area (Å²) < 4.78 is 0. The molecular weight excluding hydrogens is 1030 g/mol. The number of likely N-dealkylation sites (tertiary alicyclic amines) is 1. The smallest absolute Gasteiger partial charge is 0.326 e. The van der Waals surface area contributed by atoms with E-state index in [1.54, 1.807) is 34.6 Å². The molecule has 468 valence electrons. The van der Waals surface area contributed by atoms with Crippen LogP contribution in [0.4, 0.5) is 0 Å². The van der Waals surface area contributed by atoms with Crippen molar-refractivity contribution in [2.75, 3.05) is 6.54 Å². The molecule has 7 atom stereocenters. The van der Waals surface area contributed by atoms with E-state index in [4.69, 9.17) is 0 Å². The maximum atomic E-state index is 14.6. The van der Waals surface area contributed by atoms with E-state index in [1.165, 1.54) is 115 Å². The van der Waals surface area contributed by atoms with Gasteiger partial charge >= 0.3 is 5.97 Å². The molecule has 7 N–H and O–H groups in total. The minimum Gasteiger partial charge on any atom is -0.480 e. The number of carbonyl (C=O) groups excluding carboxylic acids is 8. The van der Waals surface area contributed by atoms with Crippen molar-refractivity contribution in [2.45, 2.75) is 336 Å². The van der Waals surface area contributed by atoms with Crippen LogP contribution in [0.15, 0.2) is 0 Å². The molecule has 17 heteroatoms. The summed E-state index contributed by atoms with van der Waals surface area (Å²) in [6, 6.07) is -7.49. The first kappa shape index (κ1) is 74.4. The summed E-state index contributed by atoms with van der Waals surface area (Å²) in [6.07, 6.45) is 33.8. The highest BCUT2D eigenvalue weighted by atomic mass is 16.4. The zero-order valence-corrected chi connectivity index (χ0v) is 52.6. The minimum absolute atomic E-state index is 0.245. The first-order valence-electron chi connectivity index (χ1n) is 32.5. The lowest BCUT2D eigenvalue weighted by molar-refractivity contribution is -0.145. The molecule has 81 heavy (non-hydrogen) atoms. The van der Waals surface area contributed by atoms with Gasteiger partial charge in [0.15, 0.2) is 0 Å². The number of hydrogen-bond acceptors (Lipinski definition) is 9. The van der Waals surface area contributed by atoms with Gasteiger partial charge in [0.1, 0.15) is 42.3 Å². The summed E-state index contributed by atoms with van der Waals surface area (Å²) in [7, 11) is 0. The number of amides is 7. The minimum atomic E-state index is -1.18. The van der Waals surface area contributed by atoms with Crippen molar-refractivity contribution in [2.24, 2.45) is 11.3 Å². The fourth-order valence-electron chi connectivity index (χ4n) is 10.5. The lowest BCUT2D eigenvalue weighted by Crippen LogP contribution is -2.59. The molecule has 0 spiro atoms. The Balaban J connectivity index is 3.38. The Labute approximate surface area is 490 Å². The molecule has 3 unspecified atom stereocenters. The number of carbonyl (C=O) groups is 9. The van der Waals surface area contributed by atoms with Crippen LogP contribution < -0.4 is 31.9 Å². The third kappa shape index (κ3) is 32.8. The third-order valence-electron chi connectivity index (χ3n) is 15.9. The van der Waals surface area contributed by atoms with Crippen molar-refractivity contribution in [3.8, 4) is 0 Å². The van der Waals surface area contributed by atoms with E-state index in [9.17, 15) is 48.3 Å². The maximum Gasteiger partial charge on any atom is 0.326 e. The van der Waals surface area contributed by atoms with Gasteiger partial charge in [-0.15, -0.1) is 0 Å². The highest BCUT2D eigenvalue weighted by Crippen LogP contribution is 2.21. The van der Waals surface area contributed by atoms with Crippen molar-refractivity contribution in [1.82, 2.24) is 36.8 Å². The molecule has 1 rings (SSSR count). The predicted octanol–water partition coefficient (Wildman–Crippen LogP) is 11.2. The summed E-state index contributed by atoms with van der Waals surface area (Å²) in [5, 5.41) is 26.3. The van der Waals surface area contributed by atoms with Crippen LogP contribution in [0, 0.1) is 11.3 Å². The Kier molecular flexibility index (Phi) is 40.5. The predicted molar refractivity (Wildman–Crippen MR) is 324 cm³/mol. The van der Waals surface area contributed by atoms with Crippen LogP contribution in [-0.2, 0) is 43.2 Å². The molecule has 0 aromatic carbocycles. The summed E-state index contributed by atoms with van der Waals surface area (Å²) in [6.45, 7) is 18.1. The van der Waals surface area contributed by atoms with Gasteiger partial charge in [0.2, 0.25) is 41.2 Å². The average molecular weight is 1140 g/mol. The summed E-state index contributed by atoms with van der Waals surface area (Å²) in [4.78, 5) is 124. The van der Waals surface area contributed by atoms with Crippen molar-refractivity contribution < 1.29 is 48.3 Å². The van der Waals surface area contributed by atoms with Gasteiger partial charge in [0, 0.05) is 12.0 Å². The van der Waals surface area contributed by atoms with Gasteiger partial charge in [0.05, 0.1) is 0 Å². The first-order valence-corrected chi connectivity index (χ1v) is 32.5. The second-order valence-electron chi connectivity index (χ2n) is 24.9. The van der Waals surface area contributed by atoms with E-state index in [1.807, 2.05) is 0 Å². The number of Topliss-reactive ketones (excluding diaryl/α,β-unsaturated/α-hetero) is 1. The zero-order valence-electron chi connectivity index (χ0n) is 52.6. The number of rotatable bonds is 48. The lowest BCUT2D eigenvalue weighted by Gasteiger charge is -2.29. The molecule has 1 saturated heterocycles. The number of ketones is 1. The molecule has 1 heterocycles. The number of hydrogen-bond donors (Lipinski definition) is 7. The number of unbranched alkanes of at least 4 members (excludes halogenated alkanes) is 27. The highest BCUT2D eigenvalue weighted by molar-refractivity contribution is 6.38. The molecule has 0 aliphatic carbocycles. The van der Waals surface area contributed by atoms with E-state index in [-0.39, 0.29) is 31.7 Å². The van der Waals surface area contributed by atoms with Crippen molar-refractivity contribution in [1.29, 1.82) is 0 Å². The van der Waals surface area contributed by atoms with Crippen LogP contribution in [0.2, 0.25) is 0 Å². The van der Waals surface area contributed by atoms with Crippen molar-refractivity contribution >= 4 is 53.1 Å². The molecule has 0 bridgehead atoms. The van der Waals surface area contributed by atoms with Crippen LogP contribution in [0.5, 0.6) is 0 Å². The molecule has 1 aliphatic rings. The van der Waals surface area contributed by atoms with Crippen molar-refractivity contribution in [3.05, 3.63) is 0 Å². The molecule has 1 fully saturated rings. The van der Waals surface area contributed by atoms with Gasteiger partial charge in [-0.2, -0.15) is 0 Å². The monoisotopic (exact) mass is 1140 g/mol. The topological polar surface area (TPSA) is 249 Å². The second-order valence-corrected chi connectivity index (χ2v) is 24.9. The van der Waals surface area contributed by atoms with Crippen LogP contribution in [0.1, 0.15) is 294 Å². The van der Waals surface area contributed by atoms with E-state index >= 15 is 0 Å². The summed E-state index contributed by atoms with van der Waals surface area (Å²) in [5.74, 6) is -6.57.